The molecule has 1 heterocycles. The van der Waals surface area contributed by atoms with E-state index in [2.05, 4.69) is 11.8 Å². The fourth-order valence-electron chi connectivity index (χ4n) is 3.20. The number of aliphatic hydroxyl groups excluding tert-OH is 1. The first-order valence-electron chi connectivity index (χ1n) is 10.2. The molecule has 1 aromatic carbocycles. The number of hydrogen-bond acceptors (Lipinski definition) is 6. The first-order valence-corrected chi connectivity index (χ1v) is 13.5. The molecule has 3 atom stereocenters. The van der Waals surface area contributed by atoms with Gasteiger partial charge in [-0.2, -0.15) is 4.31 Å². The Hall–Kier alpha value is -1.64. The summed E-state index contributed by atoms with van der Waals surface area (Å²) in [6, 6.07) is 4.04. The summed E-state index contributed by atoms with van der Waals surface area (Å²) in [5.41, 5.74) is 0.618. The van der Waals surface area contributed by atoms with Gasteiger partial charge in [0.1, 0.15) is 16.7 Å². The lowest BCUT2D eigenvalue weighted by atomic mass is 10.0. The lowest BCUT2D eigenvalue weighted by Crippen LogP contribution is -2.50. The molecule has 0 bridgehead atoms. The van der Waals surface area contributed by atoms with E-state index in [1.807, 2.05) is 13.8 Å². The molecule has 0 saturated carbocycles. The fourth-order valence-corrected chi connectivity index (χ4v) is 5.44. The van der Waals surface area contributed by atoms with E-state index in [0.29, 0.717) is 5.56 Å². The molecule has 174 valence electrons. The summed E-state index contributed by atoms with van der Waals surface area (Å²) in [5, 5.41) is 9.66. The van der Waals surface area contributed by atoms with E-state index in [1.165, 1.54) is 21.7 Å². The van der Waals surface area contributed by atoms with E-state index in [0.717, 1.165) is 19.1 Å². The molecule has 0 aromatic heterocycles. The van der Waals surface area contributed by atoms with Crippen LogP contribution in [0.25, 0.3) is 0 Å². The molecule has 1 aliphatic rings. The van der Waals surface area contributed by atoms with Crippen molar-refractivity contribution in [3.63, 3.8) is 0 Å². The summed E-state index contributed by atoms with van der Waals surface area (Å²) >= 11 is 0. The number of nitrogens with zero attached hydrogens (tertiary/aromatic N) is 2. The second-order valence-electron chi connectivity index (χ2n) is 8.00. The molecular formula is C21H32N2O6S2. The Morgan fingerprint density at radius 1 is 1.39 bits per heavy atom. The minimum absolute atomic E-state index is 0.0206. The van der Waals surface area contributed by atoms with Gasteiger partial charge in [-0.1, -0.05) is 25.7 Å². The van der Waals surface area contributed by atoms with Crippen LogP contribution < -0.4 is 4.74 Å². The molecule has 0 fully saturated rings. The van der Waals surface area contributed by atoms with Crippen molar-refractivity contribution in [3.8, 4) is 17.6 Å². The minimum Gasteiger partial charge on any atom is -0.487 e. The monoisotopic (exact) mass is 472 g/mol. The molecule has 2 rings (SSSR count). The largest absolute Gasteiger partial charge is 0.487 e. The van der Waals surface area contributed by atoms with Crippen LogP contribution in [-0.2, 0) is 20.0 Å². The van der Waals surface area contributed by atoms with E-state index >= 15 is 0 Å². The molecule has 8 nitrogen and oxygen atoms in total. The van der Waals surface area contributed by atoms with Gasteiger partial charge in [0.15, 0.2) is 0 Å². The average Bonchev–Trinajstić information content (AvgIpc) is 2.69. The molecular weight excluding hydrogens is 440 g/mol. The van der Waals surface area contributed by atoms with Crippen molar-refractivity contribution in [2.45, 2.75) is 50.7 Å². The molecule has 0 amide bonds. The Labute approximate surface area is 186 Å². The van der Waals surface area contributed by atoms with Crippen molar-refractivity contribution < 1.29 is 26.7 Å². The number of fused-ring (bicyclic) bond motifs is 1. The molecule has 0 unspecified atom stereocenters. The smallest absolute Gasteiger partial charge is 0.247 e. The topological polar surface area (TPSA) is 104 Å². The van der Waals surface area contributed by atoms with Gasteiger partial charge in [-0.15, -0.1) is 0 Å². The third-order valence-electron chi connectivity index (χ3n) is 5.28. The highest BCUT2D eigenvalue weighted by atomic mass is 32.2. The minimum atomic E-state index is -3.94. The van der Waals surface area contributed by atoms with Crippen LogP contribution in [0, 0.1) is 17.8 Å². The van der Waals surface area contributed by atoms with Gasteiger partial charge in [-0.3, -0.25) is 0 Å². The predicted octanol–water partition coefficient (Wildman–Crippen LogP) is 1.50. The zero-order chi connectivity index (χ0) is 23.4. The van der Waals surface area contributed by atoms with Gasteiger partial charge in [0, 0.05) is 37.5 Å². The molecule has 1 aliphatic heterocycles. The molecule has 0 aliphatic carbocycles. The first kappa shape index (κ1) is 25.6. The third kappa shape index (κ3) is 6.20. The summed E-state index contributed by atoms with van der Waals surface area (Å²) in [6.45, 7) is 5.27. The van der Waals surface area contributed by atoms with Gasteiger partial charge in [-0.05, 0) is 31.5 Å². The third-order valence-corrected chi connectivity index (χ3v) is 8.58. The van der Waals surface area contributed by atoms with E-state index in [1.54, 1.807) is 19.1 Å². The molecule has 0 radical (unpaired) electrons. The highest BCUT2D eigenvalue weighted by Crippen LogP contribution is 2.34. The van der Waals surface area contributed by atoms with Crippen LogP contribution >= 0.6 is 0 Å². The Bertz CT molecular complexity index is 1040. The van der Waals surface area contributed by atoms with Crippen LogP contribution in [0.15, 0.2) is 23.1 Å². The van der Waals surface area contributed by atoms with Crippen LogP contribution in [0.2, 0.25) is 0 Å². The normalized spacial score (nSPS) is 22.4. The SMILES string of the molecule is CCCC#Cc1ccc2c(c1)O[C@@H](CN(C)S(C)(=O)=O)[C@@H](C)CN([C@H](C)CO)S2(=O)=O. The number of rotatable bonds is 6. The molecule has 0 saturated heterocycles. The lowest BCUT2D eigenvalue weighted by Gasteiger charge is -2.37. The van der Waals surface area contributed by atoms with Gasteiger partial charge in [0.25, 0.3) is 0 Å². The maximum absolute atomic E-state index is 13.4. The van der Waals surface area contributed by atoms with E-state index in [9.17, 15) is 21.9 Å². The van der Waals surface area contributed by atoms with E-state index in [4.69, 9.17) is 4.74 Å². The molecule has 1 aromatic rings. The van der Waals surface area contributed by atoms with Crippen molar-refractivity contribution in [3.05, 3.63) is 23.8 Å². The lowest BCUT2D eigenvalue weighted by molar-refractivity contribution is 0.0905. The summed E-state index contributed by atoms with van der Waals surface area (Å²) in [7, 11) is -5.93. The van der Waals surface area contributed by atoms with Crippen LogP contribution in [0.4, 0.5) is 0 Å². The zero-order valence-electron chi connectivity index (χ0n) is 18.7. The van der Waals surface area contributed by atoms with Crippen LogP contribution in [-0.4, -0.2) is 75.7 Å². The van der Waals surface area contributed by atoms with Crippen molar-refractivity contribution in [2.24, 2.45) is 5.92 Å². The summed E-state index contributed by atoms with van der Waals surface area (Å²) in [4.78, 5) is -0.0206. The maximum Gasteiger partial charge on any atom is 0.247 e. The van der Waals surface area contributed by atoms with Crippen molar-refractivity contribution in [2.75, 3.05) is 33.0 Å². The highest BCUT2D eigenvalue weighted by molar-refractivity contribution is 7.89. The number of likely N-dealkylation sites (N-methyl/N-ethyl adjacent to an activating group) is 1. The van der Waals surface area contributed by atoms with Crippen LogP contribution in [0.1, 0.15) is 39.2 Å². The van der Waals surface area contributed by atoms with Crippen LogP contribution in [0.3, 0.4) is 0 Å². The Morgan fingerprint density at radius 2 is 2.06 bits per heavy atom. The second kappa shape index (κ2) is 10.3. The van der Waals surface area contributed by atoms with Gasteiger partial charge >= 0.3 is 0 Å². The number of hydrogen-bond donors (Lipinski definition) is 1. The maximum atomic E-state index is 13.4. The molecule has 31 heavy (non-hydrogen) atoms. The number of aliphatic hydroxyl groups is 1. The van der Waals surface area contributed by atoms with Gasteiger partial charge in [-0.25, -0.2) is 21.1 Å². The molecule has 1 N–H and O–H groups in total. The van der Waals surface area contributed by atoms with E-state index < -0.39 is 32.2 Å². The number of benzene rings is 1. The first-order chi connectivity index (χ1) is 14.4. The standard InChI is InChI=1S/C21H32N2O6S2/c1-6-7-8-9-18-10-11-21-19(12-18)29-20(14-22(4)30(5,25)26)16(2)13-23(17(3)15-24)31(21,27)28/h10-12,16-17,20,24H,6-7,13-15H2,1-5H3/t16-,17+,20-/m0/s1. The number of sulfonamides is 2. The van der Waals surface area contributed by atoms with Crippen molar-refractivity contribution in [1.82, 2.24) is 8.61 Å². The zero-order valence-corrected chi connectivity index (χ0v) is 20.3. The van der Waals surface area contributed by atoms with Crippen LogP contribution in [0.5, 0.6) is 5.75 Å². The highest BCUT2D eigenvalue weighted by Gasteiger charge is 2.38. The second-order valence-corrected chi connectivity index (χ2v) is 11.9. The van der Waals surface area contributed by atoms with Gasteiger partial charge in [0.05, 0.1) is 19.4 Å². The summed E-state index contributed by atoms with van der Waals surface area (Å²) < 4.78 is 59.2. The average molecular weight is 473 g/mol. The fraction of sp³-hybridized carbons (Fsp3) is 0.619. The Balaban J connectivity index is 2.59. The van der Waals surface area contributed by atoms with Gasteiger partial charge in [0.2, 0.25) is 20.0 Å². The summed E-state index contributed by atoms with van der Waals surface area (Å²) in [6.07, 6.45) is 2.15. The molecule has 10 heteroatoms. The van der Waals surface area contributed by atoms with Gasteiger partial charge < -0.3 is 9.84 Å². The Morgan fingerprint density at radius 3 is 2.65 bits per heavy atom. The number of unbranched alkanes of at least 4 members (excludes halogenated alkanes) is 1. The van der Waals surface area contributed by atoms with Crippen molar-refractivity contribution in [1.29, 1.82) is 0 Å². The number of ether oxygens (including phenoxy) is 1. The molecule has 0 spiro atoms. The predicted molar refractivity (Wildman–Crippen MR) is 120 cm³/mol. The Kier molecular flexibility index (Phi) is 8.53. The quantitative estimate of drug-likeness (QED) is 0.629. The van der Waals surface area contributed by atoms with Crippen molar-refractivity contribution >= 4 is 20.0 Å². The summed E-state index contributed by atoms with van der Waals surface area (Å²) in [5.74, 6) is 5.84. The van der Waals surface area contributed by atoms with E-state index in [-0.39, 0.29) is 36.3 Å².